The third-order valence-corrected chi connectivity index (χ3v) is 6.55. The summed E-state index contributed by atoms with van der Waals surface area (Å²) in [6, 6.07) is 4.48. The quantitative estimate of drug-likeness (QED) is 0.286. The largest absolute Gasteiger partial charge is 0.493 e. The minimum Gasteiger partial charge on any atom is -0.493 e. The van der Waals surface area contributed by atoms with Gasteiger partial charge in [-0.05, 0) is 31.5 Å². The molecule has 1 aromatic carbocycles. The topological polar surface area (TPSA) is 24.9 Å². The maximum Gasteiger partial charge on any atom is 0.165 e. The number of piperazine rings is 1. The lowest BCUT2D eigenvalue weighted by atomic mass is 10.1. The number of likely N-dealkylation sites (N-methyl/N-ethyl adjacent to an activating group) is 1. The Morgan fingerprint density at radius 2 is 1.42 bits per heavy atom. The zero-order valence-electron chi connectivity index (χ0n) is 20.9. The van der Waals surface area contributed by atoms with Crippen molar-refractivity contribution in [2.75, 3.05) is 46.9 Å². The predicted molar refractivity (Wildman–Crippen MR) is 132 cm³/mol. The van der Waals surface area contributed by atoms with Gasteiger partial charge in [0, 0.05) is 38.3 Å². The zero-order chi connectivity index (χ0) is 22.3. The van der Waals surface area contributed by atoms with E-state index in [4.69, 9.17) is 9.47 Å². The highest BCUT2D eigenvalue weighted by Gasteiger charge is 2.19. The minimum absolute atomic E-state index is 0.786. The van der Waals surface area contributed by atoms with Crippen LogP contribution in [0, 0.1) is 0 Å². The molecule has 0 radical (unpaired) electrons. The molecule has 4 heteroatoms. The van der Waals surface area contributed by atoms with E-state index in [1.54, 1.807) is 7.11 Å². The van der Waals surface area contributed by atoms with Gasteiger partial charge in [-0.3, -0.25) is 4.90 Å². The van der Waals surface area contributed by atoms with Crippen LogP contribution in [0.1, 0.15) is 89.2 Å². The number of unbranched alkanes of at least 4 members (excludes halogenated alkanes) is 9. The lowest BCUT2D eigenvalue weighted by Crippen LogP contribution is -2.43. The molecule has 0 aliphatic carbocycles. The van der Waals surface area contributed by atoms with Crippen LogP contribution < -0.4 is 9.47 Å². The molecule has 0 spiro atoms. The second kappa shape index (κ2) is 15.5. The van der Waals surface area contributed by atoms with Gasteiger partial charge in [-0.1, -0.05) is 77.7 Å². The monoisotopic (exact) mass is 432 g/mol. The smallest absolute Gasteiger partial charge is 0.165 e. The molecule has 31 heavy (non-hydrogen) atoms. The molecular formula is C27H48N2O2. The lowest BCUT2D eigenvalue weighted by molar-refractivity contribution is 0.146. The molecule has 178 valence electrons. The van der Waals surface area contributed by atoms with E-state index < -0.39 is 0 Å². The van der Waals surface area contributed by atoms with Gasteiger partial charge in [0.1, 0.15) is 0 Å². The van der Waals surface area contributed by atoms with Crippen LogP contribution in [0.3, 0.4) is 0 Å². The van der Waals surface area contributed by atoms with Gasteiger partial charge in [-0.15, -0.1) is 0 Å². The first-order valence-corrected chi connectivity index (χ1v) is 12.9. The molecule has 0 amide bonds. The summed E-state index contributed by atoms with van der Waals surface area (Å²) in [5.74, 6) is 1.87. The number of nitrogens with zero attached hydrogens (tertiary/aromatic N) is 2. The predicted octanol–water partition coefficient (Wildman–Crippen LogP) is 6.30. The van der Waals surface area contributed by atoms with Crippen molar-refractivity contribution in [1.82, 2.24) is 9.80 Å². The first-order valence-electron chi connectivity index (χ1n) is 12.9. The average Bonchev–Trinajstić information content (AvgIpc) is 2.79. The summed E-state index contributed by atoms with van der Waals surface area (Å²) < 4.78 is 12.1. The van der Waals surface area contributed by atoms with Gasteiger partial charge in [-0.25, -0.2) is 0 Å². The maximum absolute atomic E-state index is 6.33. The maximum atomic E-state index is 6.33. The van der Waals surface area contributed by atoms with E-state index in [2.05, 4.69) is 42.8 Å². The van der Waals surface area contributed by atoms with Gasteiger partial charge >= 0.3 is 0 Å². The Hall–Kier alpha value is -1.26. The van der Waals surface area contributed by atoms with Gasteiger partial charge in [0.2, 0.25) is 0 Å². The first kappa shape index (κ1) is 26.0. The fourth-order valence-corrected chi connectivity index (χ4v) is 4.37. The SMILES string of the molecule is CCCCCCCCCCCCOc1c(CN2CCN(C)CC2)cc(CC)cc1OC. The molecule has 1 saturated heterocycles. The van der Waals surface area contributed by atoms with Crippen LogP contribution in [0.15, 0.2) is 12.1 Å². The fraction of sp³-hybridized carbons (Fsp3) is 0.778. The van der Waals surface area contributed by atoms with Crippen LogP contribution in [-0.4, -0.2) is 56.7 Å². The van der Waals surface area contributed by atoms with Crippen LogP contribution in [0.2, 0.25) is 0 Å². The number of ether oxygens (including phenoxy) is 2. The Morgan fingerprint density at radius 3 is 2.00 bits per heavy atom. The molecule has 1 fully saturated rings. The highest BCUT2D eigenvalue weighted by atomic mass is 16.5. The van der Waals surface area contributed by atoms with E-state index in [0.29, 0.717) is 0 Å². The molecule has 0 aromatic heterocycles. The molecule has 1 aromatic rings. The van der Waals surface area contributed by atoms with Gasteiger partial charge < -0.3 is 14.4 Å². The van der Waals surface area contributed by atoms with E-state index in [1.165, 1.54) is 68.9 Å². The van der Waals surface area contributed by atoms with Crippen molar-refractivity contribution < 1.29 is 9.47 Å². The molecule has 1 aliphatic rings. The van der Waals surface area contributed by atoms with Gasteiger partial charge in [-0.2, -0.15) is 0 Å². The molecule has 2 rings (SSSR count). The molecular weight excluding hydrogens is 384 g/mol. The zero-order valence-corrected chi connectivity index (χ0v) is 20.9. The van der Waals surface area contributed by atoms with E-state index in [-0.39, 0.29) is 0 Å². The van der Waals surface area contributed by atoms with Crippen molar-refractivity contribution in [2.24, 2.45) is 0 Å². The Balaban J connectivity index is 1.79. The van der Waals surface area contributed by atoms with Crippen LogP contribution >= 0.6 is 0 Å². The van der Waals surface area contributed by atoms with E-state index in [1.807, 2.05) is 0 Å². The van der Waals surface area contributed by atoms with Crippen molar-refractivity contribution in [1.29, 1.82) is 0 Å². The summed E-state index contributed by atoms with van der Waals surface area (Å²) in [6.45, 7) is 10.7. The molecule has 0 bridgehead atoms. The number of aryl methyl sites for hydroxylation is 1. The fourth-order valence-electron chi connectivity index (χ4n) is 4.37. The molecule has 1 heterocycles. The van der Waals surface area contributed by atoms with E-state index in [0.717, 1.165) is 63.7 Å². The van der Waals surface area contributed by atoms with Crippen LogP contribution in [0.25, 0.3) is 0 Å². The van der Waals surface area contributed by atoms with Gasteiger partial charge in [0.05, 0.1) is 13.7 Å². The van der Waals surface area contributed by atoms with Gasteiger partial charge in [0.15, 0.2) is 11.5 Å². The van der Waals surface area contributed by atoms with Gasteiger partial charge in [0.25, 0.3) is 0 Å². The normalized spacial score (nSPS) is 15.4. The van der Waals surface area contributed by atoms with Crippen molar-refractivity contribution in [3.8, 4) is 11.5 Å². The number of hydrogen-bond donors (Lipinski definition) is 0. The number of hydrogen-bond acceptors (Lipinski definition) is 4. The second-order valence-electron chi connectivity index (χ2n) is 9.25. The summed E-state index contributed by atoms with van der Waals surface area (Å²) in [4.78, 5) is 4.95. The van der Waals surface area contributed by atoms with E-state index in [9.17, 15) is 0 Å². The summed E-state index contributed by atoms with van der Waals surface area (Å²) in [6.07, 6.45) is 14.5. The summed E-state index contributed by atoms with van der Waals surface area (Å²) in [7, 11) is 3.97. The average molecular weight is 433 g/mol. The van der Waals surface area contributed by atoms with Crippen molar-refractivity contribution in [3.63, 3.8) is 0 Å². The molecule has 1 aliphatic heterocycles. The lowest BCUT2D eigenvalue weighted by Gasteiger charge is -2.33. The second-order valence-corrected chi connectivity index (χ2v) is 9.25. The highest BCUT2D eigenvalue weighted by molar-refractivity contribution is 5.49. The Labute approximate surface area is 192 Å². The van der Waals surface area contributed by atoms with Crippen molar-refractivity contribution in [3.05, 3.63) is 23.3 Å². The third-order valence-electron chi connectivity index (χ3n) is 6.55. The first-order chi connectivity index (χ1) is 15.2. The Kier molecular flexibility index (Phi) is 13.0. The summed E-state index contributed by atoms with van der Waals surface area (Å²) in [5, 5.41) is 0. The standard InChI is InChI=1S/C27H48N2O2/c1-5-7-8-9-10-11-12-13-14-15-20-31-27-25(21-24(6-2)22-26(27)30-4)23-29-18-16-28(3)17-19-29/h21-22H,5-20,23H2,1-4H3. The third kappa shape index (κ3) is 9.82. The summed E-state index contributed by atoms with van der Waals surface area (Å²) >= 11 is 0. The summed E-state index contributed by atoms with van der Waals surface area (Å²) in [5.41, 5.74) is 2.61. The van der Waals surface area contributed by atoms with Crippen LogP contribution in [-0.2, 0) is 13.0 Å². The highest BCUT2D eigenvalue weighted by Crippen LogP contribution is 2.34. The molecule has 0 N–H and O–H groups in total. The molecule has 0 atom stereocenters. The Bertz CT molecular complexity index is 597. The van der Waals surface area contributed by atoms with Crippen LogP contribution in [0.4, 0.5) is 0 Å². The minimum atomic E-state index is 0.786. The molecule has 0 saturated carbocycles. The number of methoxy groups -OCH3 is 1. The van der Waals surface area contributed by atoms with Crippen molar-refractivity contribution >= 4 is 0 Å². The van der Waals surface area contributed by atoms with Crippen LogP contribution in [0.5, 0.6) is 11.5 Å². The number of benzene rings is 1. The van der Waals surface area contributed by atoms with E-state index >= 15 is 0 Å². The Morgan fingerprint density at radius 1 is 0.806 bits per heavy atom. The molecule has 0 unspecified atom stereocenters. The molecule has 4 nitrogen and oxygen atoms in total. The van der Waals surface area contributed by atoms with Crippen molar-refractivity contribution in [2.45, 2.75) is 91.0 Å². The number of rotatable bonds is 16.